The maximum Gasteiger partial charge on any atom is 0.136 e. The third-order valence-corrected chi connectivity index (χ3v) is 3.27. The number of rotatable bonds is 1. The Morgan fingerprint density at radius 3 is 2.78 bits per heavy atom. The molecule has 9 heavy (non-hydrogen) atoms. The van der Waals surface area contributed by atoms with Crippen molar-refractivity contribution < 1.29 is 0 Å². The Morgan fingerprint density at radius 2 is 2.56 bits per heavy atom. The normalized spacial score (nSPS) is 27.6. The molecule has 0 aliphatic carbocycles. The minimum Gasteiger partial charge on any atom is -0.354 e. The second-order valence-electron chi connectivity index (χ2n) is 2.21. The molecule has 1 saturated heterocycles. The summed E-state index contributed by atoms with van der Waals surface area (Å²) in [5.74, 6) is 1.17. The molecule has 1 nitrogen and oxygen atoms in total. The second kappa shape index (κ2) is 2.88. The van der Waals surface area contributed by atoms with E-state index >= 15 is 0 Å². The van der Waals surface area contributed by atoms with Crippen LogP contribution in [-0.2, 0) is 0 Å². The van der Waals surface area contributed by atoms with Crippen molar-refractivity contribution in [2.24, 2.45) is 0 Å². The van der Waals surface area contributed by atoms with Gasteiger partial charge < -0.3 is 4.90 Å². The monoisotopic (exact) mass is 161 g/mol. The summed E-state index contributed by atoms with van der Waals surface area (Å²) in [4.78, 5) is 2.26. The summed E-state index contributed by atoms with van der Waals surface area (Å²) < 4.78 is 1.07. The number of thiocarbonyl (C=S) groups is 1. The lowest BCUT2D eigenvalue weighted by atomic mass is 10.3. The predicted molar refractivity (Wildman–Crippen MR) is 46.9 cm³/mol. The van der Waals surface area contributed by atoms with E-state index in [1.165, 1.54) is 5.75 Å². The molecule has 0 spiro atoms. The van der Waals surface area contributed by atoms with Gasteiger partial charge >= 0.3 is 0 Å². The first-order valence-corrected chi connectivity index (χ1v) is 4.58. The molecular weight excluding hydrogens is 150 g/mol. The topological polar surface area (TPSA) is 3.24 Å². The molecule has 1 atom stereocenters. The first kappa shape index (κ1) is 7.35. The molecule has 52 valence electrons. The van der Waals surface area contributed by atoms with Crippen LogP contribution < -0.4 is 0 Å². The molecule has 0 N–H and O–H groups in total. The van der Waals surface area contributed by atoms with Gasteiger partial charge in [0.05, 0.1) is 0 Å². The average Bonchev–Trinajstić information content (AvgIpc) is 2.12. The third-order valence-electron chi connectivity index (χ3n) is 1.56. The minimum absolute atomic E-state index is 0.660. The SMILES string of the molecule is CCN1C(=S)SCC1C. The van der Waals surface area contributed by atoms with Crippen LogP contribution in [0.15, 0.2) is 0 Å². The lowest BCUT2D eigenvalue weighted by Crippen LogP contribution is -2.30. The van der Waals surface area contributed by atoms with Gasteiger partial charge in [-0.25, -0.2) is 0 Å². The molecule has 0 radical (unpaired) electrons. The van der Waals surface area contributed by atoms with E-state index in [2.05, 4.69) is 18.7 Å². The highest BCUT2D eigenvalue weighted by Crippen LogP contribution is 2.22. The number of nitrogens with zero attached hydrogens (tertiary/aromatic N) is 1. The standard InChI is InChI=1S/C6H11NS2/c1-3-7-5(2)4-9-6(7)8/h5H,3-4H2,1-2H3. The molecule has 0 bridgehead atoms. The summed E-state index contributed by atoms with van der Waals surface area (Å²) >= 11 is 6.90. The van der Waals surface area contributed by atoms with Crippen LogP contribution in [0.4, 0.5) is 0 Å². The lowest BCUT2D eigenvalue weighted by molar-refractivity contribution is 0.394. The highest BCUT2D eigenvalue weighted by atomic mass is 32.2. The zero-order valence-corrected chi connectivity index (χ0v) is 7.39. The average molecular weight is 161 g/mol. The summed E-state index contributed by atoms with van der Waals surface area (Å²) in [5, 5.41) is 0. The summed E-state index contributed by atoms with van der Waals surface area (Å²) in [6.07, 6.45) is 0. The van der Waals surface area contributed by atoms with Gasteiger partial charge in [0.2, 0.25) is 0 Å². The molecule has 1 rings (SSSR count). The molecule has 0 saturated carbocycles. The van der Waals surface area contributed by atoms with E-state index in [0.717, 1.165) is 10.9 Å². The van der Waals surface area contributed by atoms with E-state index in [1.54, 1.807) is 11.8 Å². The van der Waals surface area contributed by atoms with Crippen LogP contribution in [0.3, 0.4) is 0 Å². The van der Waals surface area contributed by atoms with Crippen molar-refractivity contribution in [2.45, 2.75) is 19.9 Å². The molecule has 3 heteroatoms. The molecule has 1 fully saturated rings. The summed E-state index contributed by atoms with van der Waals surface area (Å²) in [7, 11) is 0. The summed E-state index contributed by atoms with van der Waals surface area (Å²) in [5.41, 5.74) is 0. The van der Waals surface area contributed by atoms with Crippen molar-refractivity contribution in [1.29, 1.82) is 0 Å². The van der Waals surface area contributed by atoms with Crippen LogP contribution in [0.2, 0.25) is 0 Å². The predicted octanol–water partition coefficient (Wildman–Crippen LogP) is 1.73. The van der Waals surface area contributed by atoms with Gasteiger partial charge in [-0.05, 0) is 13.8 Å². The van der Waals surface area contributed by atoms with Gasteiger partial charge in [-0.15, -0.1) is 0 Å². The number of thioether (sulfide) groups is 1. The van der Waals surface area contributed by atoms with Crippen molar-refractivity contribution in [3.63, 3.8) is 0 Å². The fourth-order valence-electron chi connectivity index (χ4n) is 0.985. The Balaban J connectivity index is 2.55. The fourth-order valence-corrected chi connectivity index (χ4v) is 2.54. The molecule has 0 amide bonds. The molecule has 0 aromatic heterocycles. The Bertz CT molecular complexity index is 124. The Morgan fingerprint density at radius 1 is 1.89 bits per heavy atom. The number of hydrogen-bond donors (Lipinski definition) is 0. The quantitative estimate of drug-likeness (QED) is 0.539. The van der Waals surface area contributed by atoms with E-state index < -0.39 is 0 Å². The van der Waals surface area contributed by atoms with Gasteiger partial charge in [0, 0.05) is 18.3 Å². The second-order valence-corrected chi connectivity index (χ2v) is 3.87. The Hall–Kier alpha value is 0.240. The molecular formula is C6H11NS2. The first-order chi connectivity index (χ1) is 4.25. The highest BCUT2D eigenvalue weighted by molar-refractivity contribution is 8.23. The van der Waals surface area contributed by atoms with Gasteiger partial charge in [-0.2, -0.15) is 0 Å². The van der Waals surface area contributed by atoms with Crippen LogP contribution >= 0.6 is 24.0 Å². The van der Waals surface area contributed by atoms with Crippen LogP contribution in [0.25, 0.3) is 0 Å². The third kappa shape index (κ3) is 1.38. The zero-order chi connectivity index (χ0) is 6.85. The highest BCUT2D eigenvalue weighted by Gasteiger charge is 2.22. The van der Waals surface area contributed by atoms with E-state index in [0.29, 0.717) is 6.04 Å². The lowest BCUT2D eigenvalue weighted by Gasteiger charge is -2.19. The maximum absolute atomic E-state index is 5.11. The molecule has 1 heterocycles. The first-order valence-electron chi connectivity index (χ1n) is 3.19. The van der Waals surface area contributed by atoms with Gasteiger partial charge in [0.1, 0.15) is 4.32 Å². The van der Waals surface area contributed by atoms with Crippen LogP contribution in [0.1, 0.15) is 13.8 Å². The van der Waals surface area contributed by atoms with Crippen LogP contribution in [0, 0.1) is 0 Å². The van der Waals surface area contributed by atoms with Crippen molar-refractivity contribution >= 4 is 28.3 Å². The van der Waals surface area contributed by atoms with Gasteiger partial charge in [0.15, 0.2) is 0 Å². The van der Waals surface area contributed by atoms with E-state index in [9.17, 15) is 0 Å². The molecule has 1 unspecified atom stereocenters. The van der Waals surface area contributed by atoms with E-state index in [-0.39, 0.29) is 0 Å². The van der Waals surface area contributed by atoms with Crippen LogP contribution in [-0.4, -0.2) is 27.6 Å². The summed E-state index contributed by atoms with van der Waals surface area (Å²) in [6, 6.07) is 0.660. The molecule has 1 aliphatic heterocycles. The smallest absolute Gasteiger partial charge is 0.136 e. The maximum atomic E-state index is 5.11. The Labute approximate surface area is 65.8 Å². The molecule has 1 aliphatic rings. The fraction of sp³-hybridized carbons (Fsp3) is 0.833. The minimum atomic E-state index is 0.660. The Kier molecular flexibility index (Phi) is 2.35. The van der Waals surface area contributed by atoms with Crippen molar-refractivity contribution in [2.75, 3.05) is 12.3 Å². The van der Waals surface area contributed by atoms with Crippen molar-refractivity contribution in [1.82, 2.24) is 4.90 Å². The molecule has 0 aromatic rings. The summed E-state index contributed by atoms with van der Waals surface area (Å²) in [6.45, 7) is 5.43. The van der Waals surface area contributed by atoms with Crippen molar-refractivity contribution in [3.05, 3.63) is 0 Å². The zero-order valence-electron chi connectivity index (χ0n) is 5.76. The largest absolute Gasteiger partial charge is 0.354 e. The van der Waals surface area contributed by atoms with Gasteiger partial charge in [0.25, 0.3) is 0 Å². The van der Waals surface area contributed by atoms with Crippen molar-refractivity contribution in [3.8, 4) is 0 Å². The molecule has 0 aromatic carbocycles. The van der Waals surface area contributed by atoms with Gasteiger partial charge in [-0.3, -0.25) is 0 Å². The van der Waals surface area contributed by atoms with Gasteiger partial charge in [-0.1, -0.05) is 24.0 Å². The number of hydrogen-bond acceptors (Lipinski definition) is 2. The van der Waals surface area contributed by atoms with Crippen LogP contribution in [0.5, 0.6) is 0 Å². The van der Waals surface area contributed by atoms with E-state index in [4.69, 9.17) is 12.2 Å². The van der Waals surface area contributed by atoms with E-state index in [1.807, 2.05) is 0 Å².